The van der Waals surface area contributed by atoms with E-state index in [1.807, 2.05) is 40.7 Å². The van der Waals surface area contributed by atoms with Crippen molar-refractivity contribution in [2.45, 2.75) is 18.8 Å². The maximum atomic E-state index is 13.0. The number of piperidine rings is 1. The number of carbonyl (C=O) groups is 1. The quantitative estimate of drug-likeness (QED) is 0.625. The molecule has 2 fully saturated rings. The second-order valence-corrected chi connectivity index (χ2v) is 8.82. The van der Waals surface area contributed by atoms with E-state index in [1.165, 1.54) is 11.3 Å². The summed E-state index contributed by atoms with van der Waals surface area (Å²) >= 11 is 1.50. The Morgan fingerprint density at radius 2 is 1.97 bits per heavy atom. The van der Waals surface area contributed by atoms with Crippen LogP contribution in [0.2, 0.25) is 0 Å². The van der Waals surface area contributed by atoms with Gasteiger partial charge >= 0.3 is 0 Å². The molecule has 7 nitrogen and oxygen atoms in total. The Labute approximate surface area is 185 Å². The van der Waals surface area contributed by atoms with Crippen LogP contribution in [0.4, 0.5) is 5.95 Å². The zero-order valence-corrected chi connectivity index (χ0v) is 18.1. The second-order valence-electron chi connectivity index (χ2n) is 7.87. The third-order valence-corrected chi connectivity index (χ3v) is 6.78. The van der Waals surface area contributed by atoms with E-state index in [0.29, 0.717) is 19.8 Å². The van der Waals surface area contributed by atoms with Crippen molar-refractivity contribution in [3.05, 3.63) is 58.8 Å². The van der Waals surface area contributed by atoms with Gasteiger partial charge in [0.2, 0.25) is 5.95 Å². The van der Waals surface area contributed by atoms with E-state index in [4.69, 9.17) is 9.72 Å². The van der Waals surface area contributed by atoms with Crippen molar-refractivity contribution < 1.29 is 9.53 Å². The minimum absolute atomic E-state index is 0.118. The lowest BCUT2D eigenvalue weighted by molar-refractivity contribution is 0.0711. The van der Waals surface area contributed by atoms with Crippen LogP contribution in [-0.2, 0) is 4.74 Å². The summed E-state index contributed by atoms with van der Waals surface area (Å²) in [4.78, 5) is 31.8. The number of hydrogen-bond donors (Lipinski definition) is 0. The van der Waals surface area contributed by atoms with Crippen molar-refractivity contribution >= 4 is 23.2 Å². The van der Waals surface area contributed by atoms with Crippen LogP contribution in [0.25, 0.3) is 11.1 Å². The Kier molecular flexibility index (Phi) is 5.90. The molecule has 0 aromatic carbocycles. The fourth-order valence-corrected chi connectivity index (χ4v) is 5.00. The fraction of sp³-hybridized carbons (Fsp3) is 0.391. The first-order valence-electron chi connectivity index (χ1n) is 10.7. The van der Waals surface area contributed by atoms with Gasteiger partial charge in [0.25, 0.3) is 5.91 Å². The number of morpholine rings is 1. The lowest BCUT2D eigenvalue weighted by atomic mass is 9.90. The van der Waals surface area contributed by atoms with Gasteiger partial charge in [0.05, 0.1) is 23.8 Å². The Morgan fingerprint density at radius 1 is 1.13 bits per heavy atom. The third-order valence-electron chi connectivity index (χ3n) is 5.92. The van der Waals surface area contributed by atoms with Crippen molar-refractivity contribution in [2.24, 2.45) is 0 Å². The van der Waals surface area contributed by atoms with Crippen molar-refractivity contribution in [3.8, 4) is 11.1 Å². The average molecular weight is 436 g/mol. The van der Waals surface area contributed by atoms with Crippen LogP contribution in [-0.4, -0.2) is 65.2 Å². The normalized spacial score (nSPS) is 19.4. The Morgan fingerprint density at radius 3 is 2.74 bits per heavy atom. The van der Waals surface area contributed by atoms with E-state index in [-0.39, 0.29) is 11.8 Å². The molecule has 1 unspecified atom stereocenters. The summed E-state index contributed by atoms with van der Waals surface area (Å²) < 4.78 is 5.49. The van der Waals surface area contributed by atoms with Crippen LogP contribution >= 0.6 is 11.3 Å². The number of likely N-dealkylation sites (tertiary alicyclic amines) is 1. The molecule has 3 aromatic heterocycles. The number of pyridine rings is 1. The molecule has 0 bridgehead atoms. The number of thiophene rings is 1. The lowest BCUT2D eigenvalue weighted by Crippen LogP contribution is -2.40. The van der Waals surface area contributed by atoms with E-state index in [1.54, 1.807) is 12.4 Å². The first kappa shape index (κ1) is 20.1. The minimum Gasteiger partial charge on any atom is -0.378 e. The molecule has 1 amide bonds. The van der Waals surface area contributed by atoms with Gasteiger partial charge in [-0.25, -0.2) is 9.97 Å². The zero-order valence-electron chi connectivity index (χ0n) is 17.3. The van der Waals surface area contributed by atoms with Crippen molar-refractivity contribution in [1.29, 1.82) is 0 Å². The van der Waals surface area contributed by atoms with E-state index in [2.05, 4.69) is 14.9 Å². The number of rotatable bonds is 4. The molecular weight excluding hydrogens is 410 g/mol. The number of amides is 1. The van der Waals surface area contributed by atoms with Crippen LogP contribution in [0.5, 0.6) is 0 Å². The summed E-state index contributed by atoms with van der Waals surface area (Å²) in [6, 6.07) is 7.82. The van der Waals surface area contributed by atoms with Gasteiger partial charge in [0, 0.05) is 56.3 Å². The van der Waals surface area contributed by atoms with Crippen LogP contribution in [0.3, 0.4) is 0 Å². The maximum Gasteiger partial charge on any atom is 0.263 e. The number of aromatic nitrogens is 3. The molecule has 0 spiro atoms. The van der Waals surface area contributed by atoms with E-state index < -0.39 is 0 Å². The largest absolute Gasteiger partial charge is 0.378 e. The first-order chi connectivity index (χ1) is 15.3. The van der Waals surface area contributed by atoms with Gasteiger partial charge in [-0.1, -0.05) is 6.07 Å². The fourth-order valence-electron chi connectivity index (χ4n) is 4.31. The standard InChI is InChI=1S/C23H25N5O2S/c29-22(20-4-2-14-31-20)28-9-1-3-18(16-28)21-19(17-5-7-24-8-6-17)15-25-23(26-21)27-10-12-30-13-11-27/h2,4-8,14-15,18H,1,3,9-13,16H2. The molecule has 1 atom stereocenters. The molecule has 2 aliphatic rings. The van der Waals surface area contributed by atoms with Gasteiger partial charge in [-0.3, -0.25) is 9.78 Å². The predicted octanol–water partition coefficient (Wildman–Crippen LogP) is 3.46. The van der Waals surface area contributed by atoms with E-state index >= 15 is 0 Å². The summed E-state index contributed by atoms with van der Waals surface area (Å²) in [7, 11) is 0. The second kappa shape index (κ2) is 9.11. The van der Waals surface area contributed by atoms with E-state index in [9.17, 15) is 4.79 Å². The van der Waals surface area contributed by atoms with Crippen LogP contribution in [0, 0.1) is 0 Å². The molecule has 0 saturated carbocycles. The van der Waals surface area contributed by atoms with Gasteiger partial charge in [-0.2, -0.15) is 0 Å². The molecule has 8 heteroatoms. The topological polar surface area (TPSA) is 71.5 Å². The summed E-state index contributed by atoms with van der Waals surface area (Å²) in [6.07, 6.45) is 7.49. The van der Waals surface area contributed by atoms with Gasteiger partial charge < -0.3 is 14.5 Å². The monoisotopic (exact) mass is 435 g/mol. The molecule has 0 aliphatic carbocycles. The van der Waals surface area contributed by atoms with Gasteiger partial charge in [0.15, 0.2) is 0 Å². The van der Waals surface area contributed by atoms with Gasteiger partial charge in [-0.05, 0) is 42.0 Å². The van der Waals surface area contributed by atoms with Crippen LogP contribution in [0.15, 0.2) is 48.2 Å². The Bertz CT molecular complexity index is 1020. The van der Waals surface area contributed by atoms with Crippen LogP contribution < -0.4 is 4.90 Å². The van der Waals surface area contributed by atoms with Gasteiger partial charge in [-0.15, -0.1) is 11.3 Å². The average Bonchev–Trinajstić information content (AvgIpc) is 3.39. The summed E-state index contributed by atoms with van der Waals surface area (Å²) in [5, 5.41) is 1.95. The molecule has 2 aliphatic heterocycles. The maximum absolute atomic E-state index is 13.0. The van der Waals surface area contributed by atoms with Gasteiger partial charge in [0.1, 0.15) is 0 Å². The highest BCUT2D eigenvalue weighted by Gasteiger charge is 2.29. The highest BCUT2D eigenvalue weighted by Crippen LogP contribution is 2.34. The van der Waals surface area contributed by atoms with E-state index in [0.717, 1.165) is 60.1 Å². The summed E-state index contributed by atoms with van der Waals surface area (Å²) in [5.74, 6) is 1.04. The minimum atomic E-state index is 0.118. The Hall–Kier alpha value is -2.84. The van der Waals surface area contributed by atoms with Crippen molar-refractivity contribution in [3.63, 3.8) is 0 Å². The highest BCUT2D eigenvalue weighted by atomic mass is 32.1. The predicted molar refractivity (Wildman–Crippen MR) is 120 cm³/mol. The summed E-state index contributed by atoms with van der Waals surface area (Å²) in [5.41, 5.74) is 3.10. The molecular formula is C23H25N5O2S. The molecule has 0 radical (unpaired) electrons. The SMILES string of the molecule is O=C(c1cccs1)N1CCCC(c2nc(N3CCOCC3)ncc2-c2ccncc2)C1. The molecule has 5 rings (SSSR count). The van der Waals surface area contributed by atoms with Crippen molar-refractivity contribution in [1.82, 2.24) is 19.9 Å². The molecule has 0 N–H and O–H groups in total. The molecule has 31 heavy (non-hydrogen) atoms. The molecule has 2 saturated heterocycles. The molecule has 5 heterocycles. The number of ether oxygens (including phenoxy) is 1. The first-order valence-corrected chi connectivity index (χ1v) is 11.6. The number of nitrogens with zero attached hydrogens (tertiary/aromatic N) is 5. The number of carbonyl (C=O) groups excluding carboxylic acids is 1. The third kappa shape index (κ3) is 4.31. The highest BCUT2D eigenvalue weighted by molar-refractivity contribution is 7.12. The zero-order chi connectivity index (χ0) is 21.0. The van der Waals surface area contributed by atoms with Crippen molar-refractivity contribution in [2.75, 3.05) is 44.3 Å². The summed E-state index contributed by atoms with van der Waals surface area (Å²) in [6.45, 7) is 4.44. The number of anilines is 1. The molecule has 3 aromatic rings. The smallest absolute Gasteiger partial charge is 0.263 e. The Balaban J connectivity index is 1.48. The number of hydrogen-bond acceptors (Lipinski definition) is 7. The van der Waals surface area contributed by atoms with Crippen LogP contribution in [0.1, 0.15) is 34.1 Å². The lowest BCUT2D eigenvalue weighted by Gasteiger charge is -2.34. The molecule has 160 valence electrons.